The van der Waals surface area contributed by atoms with Gasteiger partial charge in [-0.1, -0.05) is 5.92 Å². The Kier molecular flexibility index (Phi) is 3.19. The van der Waals surface area contributed by atoms with Gasteiger partial charge in [0.1, 0.15) is 0 Å². The molecule has 0 fully saturated rings. The van der Waals surface area contributed by atoms with E-state index in [1.54, 1.807) is 18.2 Å². The Morgan fingerprint density at radius 2 is 2.36 bits per heavy atom. The maximum Gasteiger partial charge on any atom is 0.339 e. The Balaban J connectivity index is 3.19. The van der Waals surface area contributed by atoms with Crippen molar-refractivity contribution in [3.63, 3.8) is 0 Å². The molecule has 0 atom stereocenters. The highest BCUT2D eigenvalue weighted by Gasteiger charge is 2.10. The maximum atomic E-state index is 11.2. The van der Waals surface area contributed by atoms with E-state index >= 15 is 0 Å². The molecule has 0 heterocycles. The third-order valence-corrected chi connectivity index (χ3v) is 1.75. The molecule has 68 valence electrons. The molecule has 1 aromatic rings. The lowest BCUT2D eigenvalue weighted by atomic mass is 10.1. The monoisotopic (exact) mass is 185 g/mol. The Morgan fingerprint density at radius 3 is 2.86 bits per heavy atom. The quantitative estimate of drug-likeness (QED) is 0.423. The molecule has 0 aromatic heterocycles. The highest BCUT2D eigenvalue weighted by atomic mass is 16.5. The van der Waals surface area contributed by atoms with Gasteiger partial charge in [0.2, 0.25) is 7.98 Å². The fourth-order valence-corrected chi connectivity index (χ4v) is 1.04. The number of ether oxygens (including phenoxy) is 1. The van der Waals surface area contributed by atoms with Crippen molar-refractivity contribution in [2.24, 2.45) is 0 Å². The number of hydrogen-bond donors (Lipinski definition) is 1. The average molecular weight is 185 g/mol. The third-order valence-electron chi connectivity index (χ3n) is 1.75. The first kappa shape index (κ1) is 10.2. The minimum absolute atomic E-state index is 0.356. The van der Waals surface area contributed by atoms with Crippen molar-refractivity contribution in [1.29, 1.82) is 0 Å². The van der Waals surface area contributed by atoms with E-state index < -0.39 is 5.97 Å². The average Bonchev–Trinajstić information content (AvgIpc) is 2.27. The summed E-state index contributed by atoms with van der Waals surface area (Å²) in [4.78, 5) is 11.2. The van der Waals surface area contributed by atoms with Crippen LogP contribution in [0.3, 0.4) is 0 Å². The lowest BCUT2D eigenvalue weighted by Crippen LogP contribution is -2.06. The molecule has 1 aromatic carbocycles. The Morgan fingerprint density at radius 1 is 1.64 bits per heavy atom. The van der Waals surface area contributed by atoms with Crippen molar-refractivity contribution in [1.82, 2.24) is 0 Å². The summed E-state index contributed by atoms with van der Waals surface area (Å²) in [6.45, 7) is 0. The molecular formula is C10H8BNO2. The van der Waals surface area contributed by atoms with Crippen molar-refractivity contribution >= 4 is 19.6 Å². The van der Waals surface area contributed by atoms with E-state index in [0.717, 1.165) is 0 Å². The second-order valence-corrected chi connectivity index (χ2v) is 2.54. The summed E-state index contributed by atoms with van der Waals surface area (Å²) < 4.78 is 4.57. The second kappa shape index (κ2) is 4.38. The molecule has 0 saturated heterocycles. The fourth-order valence-electron chi connectivity index (χ4n) is 1.04. The number of esters is 1. The van der Waals surface area contributed by atoms with Crippen molar-refractivity contribution < 1.29 is 9.53 Å². The Labute approximate surface area is 83.9 Å². The number of methoxy groups -OCH3 is 1. The molecule has 4 heteroatoms. The van der Waals surface area contributed by atoms with E-state index in [2.05, 4.69) is 15.9 Å². The number of terminal acetylenes is 1. The SMILES string of the molecule is [B]Nc1cc(C#C)ccc1C(=O)OC. The van der Waals surface area contributed by atoms with Gasteiger partial charge in [-0.15, -0.1) is 6.42 Å². The molecule has 0 saturated carbocycles. The molecule has 0 aliphatic carbocycles. The number of anilines is 1. The highest BCUT2D eigenvalue weighted by Crippen LogP contribution is 2.17. The van der Waals surface area contributed by atoms with Crippen molar-refractivity contribution in [3.8, 4) is 12.3 Å². The van der Waals surface area contributed by atoms with E-state index in [-0.39, 0.29) is 0 Å². The van der Waals surface area contributed by atoms with Crippen LogP contribution < -0.4 is 5.23 Å². The third kappa shape index (κ3) is 1.88. The molecule has 0 aliphatic rings. The van der Waals surface area contributed by atoms with Gasteiger partial charge in [0.25, 0.3) is 0 Å². The summed E-state index contributed by atoms with van der Waals surface area (Å²) in [6, 6.07) is 4.82. The molecule has 1 rings (SSSR count). The molecule has 3 nitrogen and oxygen atoms in total. The zero-order chi connectivity index (χ0) is 10.6. The summed E-state index contributed by atoms with van der Waals surface area (Å²) >= 11 is 0. The van der Waals surface area contributed by atoms with Gasteiger partial charge in [0.05, 0.1) is 12.7 Å². The van der Waals surface area contributed by atoms with Crippen molar-refractivity contribution in [3.05, 3.63) is 29.3 Å². The predicted molar refractivity (Wildman–Crippen MR) is 55.1 cm³/mol. The van der Waals surface area contributed by atoms with Gasteiger partial charge >= 0.3 is 5.97 Å². The molecule has 0 bridgehead atoms. The number of benzene rings is 1. The van der Waals surface area contributed by atoms with E-state index in [9.17, 15) is 4.79 Å². The van der Waals surface area contributed by atoms with Gasteiger partial charge in [0.15, 0.2) is 0 Å². The van der Waals surface area contributed by atoms with E-state index in [0.29, 0.717) is 16.8 Å². The smallest absolute Gasteiger partial charge is 0.339 e. The van der Waals surface area contributed by atoms with E-state index in [1.807, 2.05) is 0 Å². The zero-order valence-corrected chi connectivity index (χ0v) is 7.70. The van der Waals surface area contributed by atoms with Gasteiger partial charge in [-0.05, 0) is 18.2 Å². The lowest BCUT2D eigenvalue weighted by molar-refractivity contribution is 0.0602. The molecule has 0 unspecified atom stereocenters. The van der Waals surface area contributed by atoms with Crippen LogP contribution in [0.1, 0.15) is 15.9 Å². The normalized spacial score (nSPS) is 8.86. The first-order valence-electron chi connectivity index (χ1n) is 3.88. The van der Waals surface area contributed by atoms with Crippen LogP contribution in [0.15, 0.2) is 18.2 Å². The number of hydrogen-bond acceptors (Lipinski definition) is 3. The highest BCUT2D eigenvalue weighted by molar-refractivity contribution is 6.17. The first-order chi connectivity index (χ1) is 6.72. The molecule has 0 amide bonds. The van der Waals surface area contributed by atoms with Crippen LogP contribution >= 0.6 is 0 Å². The maximum absolute atomic E-state index is 11.2. The summed E-state index contributed by atoms with van der Waals surface area (Å²) in [7, 11) is 6.54. The number of carbonyl (C=O) groups excluding carboxylic acids is 1. The molecule has 0 spiro atoms. The molecule has 0 aliphatic heterocycles. The van der Waals surface area contributed by atoms with E-state index in [4.69, 9.17) is 14.4 Å². The summed E-state index contributed by atoms with van der Waals surface area (Å²) in [6.07, 6.45) is 5.20. The molecule has 14 heavy (non-hydrogen) atoms. The summed E-state index contributed by atoms with van der Waals surface area (Å²) in [5, 5.41) is 2.39. The van der Waals surface area contributed by atoms with Crippen LogP contribution in [0.4, 0.5) is 5.69 Å². The zero-order valence-electron chi connectivity index (χ0n) is 7.70. The Hall–Kier alpha value is -1.89. The van der Waals surface area contributed by atoms with Crippen LogP contribution in [-0.2, 0) is 4.74 Å². The van der Waals surface area contributed by atoms with Crippen molar-refractivity contribution in [2.75, 3.05) is 12.3 Å². The summed E-state index contributed by atoms with van der Waals surface area (Å²) in [5.41, 5.74) is 1.45. The van der Waals surface area contributed by atoms with Crippen LogP contribution in [0, 0.1) is 12.3 Å². The van der Waals surface area contributed by atoms with Crippen LogP contribution in [0.2, 0.25) is 0 Å². The van der Waals surface area contributed by atoms with Gasteiger partial charge in [0, 0.05) is 11.3 Å². The first-order valence-corrected chi connectivity index (χ1v) is 3.88. The van der Waals surface area contributed by atoms with Crippen molar-refractivity contribution in [2.45, 2.75) is 0 Å². The molecular weight excluding hydrogens is 177 g/mol. The van der Waals surface area contributed by atoms with Crippen LogP contribution in [-0.4, -0.2) is 21.1 Å². The number of nitrogens with one attached hydrogen (secondary N) is 1. The van der Waals surface area contributed by atoms with E-state index in [1.165, 1.54) is 7.11 Å². The summed E-state index contributed by atoms with van der Waals surface area (Å²) in [5.74, 6) is 1.98. The van der Waals surface area contributed by atoms with Gasteiger partial charge in [-0.2, -0.15) is 0 Å². The van der Waals surface area contributed by atoms with Gasteiger partial charge < -0.3 is 9.96 Å². The van der Waals surface area contributed by atoms with Crippen LogP contribution in [0.25, 0.3) is 0 Å². The lowest BCUT2D eigenvalue weighted by Gasteiger charge is -2.07. The minimum atomic E-state index is -0.457. The molecule has 2 radical (unpaired) electrons. The fraction of sp³-hybridized carbons (Fsp3) is 0.100. The van der Waals surface area contributed by atoms with Gasteiger partial charge in [-0.25, -0.2) is 4.79 Å². The number of rotatable bonds is 2. The molecule has 1 N–H and O–H groups in total. The topological polar surface area (TPSA) is 38.3 Å². The largest absolute Gasteiger partial charge is 0.465 e. The minimum Gasteiger partial charge on any atom is -0.465 e. The van der Waals surface area contributed by atoms with Gasteiger partial charge in [-0.3, -0.25) is 0 Å². The Bertz CT molecular complexity index is 396. The van der Waals surface area contributed by atoms with Crippen LogP contribution in [0.5, 0.6) is 0 Å². The standard InChI is InChI=1S/C10H8BNO2/c1-3-7-4-5-8(10(13)14-2)9(6-7)12-11/h1,4-6,12H,2H3. The number of carbonyl (C=O) groups is 1. The predicted octanol–water partition coefficient (Wildman–Crippen LogP) is 0.950. The second-order valence-electron chi connectivity index (χ2n) is 2.54.